The summed E-state index contributed by atoms with van der Waals surface area (Å²) in [6.07, 6.45) is 0.978. The molecule has 1 aliphatic heterocycles. The fourth-order valence-corrected chi connectivity index (χ4v) is 4.25. The lowest BCUT2D eigenvalue weighted by Crippen LogP contribution is -2.43. The van der Waals surface area contributed by atoms with Crippen LogP contribution in [0.2, 0.25) is 0 Å². The Morgan fingerprint density at radius 3 is 2.65 bits per heavy atom. The molecule has 3 N–H and O–H groups in total. The summed E-state index contributed by atoms with van der Waals surface area (Å²) in [5.74, 6) is 2.74. The molecule has 0 radical (unpaired) electrons. The van der Waals surface area contributed by atoms with E-state index in [0.29, 0.717) is 38.1 Å². The normalized spacial score (nSPS) is 18.4. The number of aliphatic imine (C=N–C) groups is 1. The van der Waals surface area contributed by atoms with E-state index < -0.39 is 10.0 Å². The Kier molecular flexibility index (Phi) is 7.68. The summed E-state index contributed by atoms with van der Waals surface area (Å²) < 4.78 is 25.7. The van der Waals surface area contributed by atoms with Crippen LogP contribution in [0, 0.1) is 5.92 Å². The van der Waals surface area contributed by atoms with E-state index in [0.717, 1.165) is 17.9 Å². The van der Waals surface area contributed by atoms with E-state index in [-0.39, 0.29) is 5.75 Å². The minimum atomic E-state index is -3.17. The molecule has 0 aromatic rings. The number of hydrogen-bond donors (Lipinski definition) is 2. The van der Waals surface area contributed by atoms with E-state index >= 15 is 0 Å². The van der Waals surface area contributed by atoms with E-state index in [9.17, 15) is 8.42 Å². The second-order valence-corrected chi connectivity index (χ2v) is 8.52. The molecule has 0 atom stereocenters. The summed E-state index contributed by atoms with van der Waals surface area (Å²) >= 11 is 1.79. The molecule has 20 heavy (non-hydrogen) atoms. The van der Waals surface area contributed by atoms with Crippen LogP contribution in [-0.2, 0) is 10.0 Å². The second-order valence-electron chi connectivity index (χ2n) is 5.20. The van der Waals surface area contributed by atoms with Gasteiger partial charge in [0.25, 0.3) is 0 Å². The van der Waals surface area contributed by atoms with Gasteiger partial charge in [-0.2, -0.15) is 11.8 Å². The first-order valence-corrected chi connectivity index (χ1v) is 9.77. The van der Waals surface area contributed by atoms with Gasteiger partial charge in [0.15, 0.2) is 5.96 Å². The van der Waals surface area contributed by atoms with Gasteiger partial charge in [-0.15, -0.1) is 0 Å². The van der Waals surface area contributed by atoms with Gasteiger partial charge in [0, 0.05) is 37.7 Å². The van der Waals surface area contributed by atoms with Crippen molar-refractivity contribution in [3.05, 3.63) is 0 Å². The molecule has 0 spiro atoms. The number of hydrogen-bond acceptors (Lipinski definition) is 4. The van der Waals surface area contributed by atoms with Crippen molar-refractivity contribution in [2.75, 3.05) is 43.4 Å². The fraction of sp³-hybridized carbons (Fsp3) is 0.917. The van der Waals surface area contributed by atoms with Crippen molar-refractivity contribution >= 4 is 27.7 Å². The van der Waals surface area contributed by atoms with Crippen molar-refractivity contribution in [2.24, 2.45) is 16.6 Å². The van der Waals surface area contributed by atoms with Gasteiger partial charge in [0.2, 0.25) is 10.0 Å². The number of nitrogens with zero attached hydrogens (tertiary/aromatic N) is 2. The number of nitrogens with one attached hydrogen (secondary N) is 1. The van der Waals surface area contributed by atoms with E-state index in [1.54, 1.807) is 16.1 Å². The van der Waals surface area contributed by atoms with Crippen LogP contribution in [-0.4, -0.2) is 62.1 Å². The monoisotopic (exact) mass is 322 g/mol. The maximum Gasteiger partial charge on any atom is 0.215 e. The Balaban J connectivity index is 2.28. The van der Waals surface area contributed by atoms with Crippen LogP contribution in [0.3, 0.4) is 0 Å². The highest BCUT2D eigenvalue weighted by Gasteiger charge is 2.23. The fourth-order valence-electron chi connectivity index (χ4n) is 1.76. The Morgan fingerprint density at radius 2 is 2.05 bits per heavy atom. The van der Waals surface area contributed by atoms with Crippen molar-refractivity contribution in [1.82, 2.24) is 9.62 Å². The Morgan fingerprint density at radius 1 is 1.40 bits per heavy atom. The number of guanidine groups is 1. The molecule has 0 bridgehead atoms. The van der Waals surface area contributed by atoms with Crippen LogP contribution in [0.4, 0.5) is 0 Å². The highest BCUT2D eigenvalue weighted by Crippen LogP contribution is 2.12. The molecule has 0 amide bonds. The first kappa shape index (κ1) is 17.6. The summed E-state index contributed by atoms with van der Waals surface area (Å²) in [5.41, 5.74) is 5.69. The third-order valence-electron chi connectivity index (χ3n) is 3.02. The van der Waals surface area contributed by atoms with Gasteiger partial charge in [-0.25, -0.2) is 12.7 Å². The van der Waals surface area contributed by atoms with E-state index in [4.69, 9.17) is 5.73 Å². The molecule has 8 heteroatoms. The van der Waals surface area contributed by atoms with Crippen LogP contribution in [0.1, 0.15) is 20.3 Å². The van der Waals surface area contributed by atoms with Gasteiger partial charge in [-0.05, 0) is 12.3 Å². The Labute approximate surface area is 126 Å². The summed E-state index contributed by atoms with van der Waals surface area (Å²) in [6.45, 7) is 6.47. The lowest BCUT2D eigenvalue weighted by atomic mass is 10.1. The zero-order chi connectivity index (χ0) is 15.0. The number of sulfonamides is 1. The number of rotatable bonds is 7. The van der Waals surface area contributed by atoms with Crippen molar-refractivity contribution in [3.8, 4) is 0 Å². The number of thioether (sulfide) groups is 1. The molecule has 0 saturated carbocycles. The van der Waals surface area contributed by atoms with E-state index in [1.807, 2.05) is 0 Å². The van der Waals surface area contributed by atoms with Gasteiger partial charge in [-0.1, -0.05) is 13.8 Å². The molecule has 6 nitrogen and oxygen atoms in total. The van der Waals surface area contributed by atoms with E-state index in [2.05, 4.69) is 24.2 Å². The second kappa shape index (κ2) is 8.74. The van der Waals surface area contributed by atoms with Gasteiger partial charge in [0.05, 0.1) is 5.75 Å². The summed E-state index contributed by atoms with van der Waals surface area (Å²) in [4.78, 5) is 4.17. The molecular formula is C12H26N4O2S2. The smallest absolute Gasteiger partial charge is 0.215 e. The van der Waals surface area contributed by atoms with Crippen molar-refractivity contribution < 1.29 is 8.42 Å². The molecule has 1 rings (SSSR count). The van der Waals surface area contributed by atoms with Crippen molar-refractivity contribution in [1.29, 1.82) is 0 Å². The standard InChI is InChI=1S/C12H26N4O2S2/c1-11(2)3-4-14-12(13)15-5-10-20(17,18)16-6-8-19-9-7-16/h11H,3-10H2,1-2H3,(H3,13,14,15). The predicted octanol–water partition coefficient (Wildman–Crippen LogP) is 0.315. The van der Waals surface area contributed by atoms with Gasteiger partial charge < -0.3 is 11.1 Å². The zero-order valence-electron chi connectivity index (χ0n) is 12.3. The number of nitrogens with two attached hydrogens (primary N) is 1. The third-order valence-corrected chi connectivity index (χ3v) is 5.83. The zero-order valence-corrected chi connectivity index (χ0v) is 14.0. The van der Waals surface area contributed by atoms with Crippen molar-refractivity contribution in [3.63, 3.8) is 0 Å². The van der Waals surface area contributed by atoms with Crippen LogP contribution in [0.5, 0.6) is 0 Å². The predicted molar refractivity (Wildman–Crippen MR) is 86.6 cm³/mol. The van der Waals surface area contributed by atoms with Gasteiger partial charge in [-0.3, -0.25) is 4.99 Å². The molecule has 1 heterocycles. The lowest BCUT2D eigenvalue weighted by Gasteiger charge is -2.25. The summed E-state index contributed by atoms with van der Waals surface area (Å²) in [5, 5.41) is 2.87. The average molecular weight is 323 g/mol. The molecule has 1 aliphatic rings. The van der Waals surface area contributed by atoms with E-state index in [1.165, 1.54) is 0 Å². The van der Waals surface area contributed by atoms with Crippen LogP contribution in [0.15, 0.2) is 4.99 Å². The maximum absolute atomic E-state index is 12.1. The molecule has 0 aromatic heterocycles. The third kappa shape index (κ3) is 6.81. The average Bonchev–Trinajstić information content (AvgIpc) is 2.39. The Bertz CT molecular complexity index is 404. The summed E-state index contributed by atoms with van der Waals surface area (Å²) in [6, 6.07) is 0. The topological polar surface area (TPSA) is 87.8 Å². The van der Waals surface area contributed by atoms with Crippen LogP contribution >= 0.6 is 11.8 Å². The minimum absolute atomic E-state index is 0.0675. The molecule has 1 fully saturated rings. The molecule has 1 saturated heterocycles. The quantitative estimate of drug-likeness (QED) is 0.520. The van der Waals surface area contributed by atoms with Crippen LogP contribution in [0.25, 0.3) is 0 Å². The molecular weight excluding hydrogens is 296 g/mol. The first-order chi connectivity index (χ1) is 9.42. The largest absolute Gasteiger partial charge is 0.370 e. The van der Waals surface area contributed by atoms with Crippen LogP contribution < -0.4 is 11.1 Å². The van der Waals surface area contributed by atoms with Gasteiger partial charge >= 0.3 is 0 Å². The minimum Gasteiger partial charge on any atom is -0.370 e. The lowest BCUT2D eigenvalue weighted by molar-refractivity contribution is 0.443. The van der Waals surface area contributed by atoms with Crippen molar-refractivity contribution in [2.45, 2.75) is 20.3 Å². The highest BCUT2D eigenvalue weighted by molar-refractivity contribution is 7.99. The first-order valence-electron chi connectivity index (χ1n) is 7.01. The summed E-state index contributed by atoms with van der Waals surface area (Å²) in [7, 11) is -3.17. The maximum atomic E-state index is 12.1. The molecule has 0 aromatic carbocycles. The highest BCUT2D eigenvalue weighted by atomic mass is 32.2. The molecule has 0 unspecified atom stereocenters. The molecule has 0 aliphatic carbocycles. The Hall–Kier alpha value is -0.470. The van der Waals surface area contributed by atoms with Gasteiger partial charge in [0.1, 0.15) is 0 Å². The SMILES string of the molecule is CC(C)CCN=C(N)NCCS(=O)(=O)N1CCSCC1. The molecule has 118 valence electrons.